The van der Waals surface area contributed by atoms with Crippen molar-refractivity contribution < 1.29 is 9.53 Å². The van der Waals surface area contributed by atoms with Crippen LogP contribution < -0.4 is 4.74 Å². The number of hydrogen-bond donors (Lipinski definition) is 0. The highest BCUT2D eigenvalue weighted by Crippen LogP contribution is 2.44. The summed E-state index contributed by atoms with van der Waals surface area (Å²) in [5.41, 5.74) is 4.70. The van der Waals surface area contributed by atoms with E-state index in [4.69, 9.17) is 9.72 Å². The lowest BCUT2D eigenvalue weighted by Gasteiger charge is -2.35. The molecule has 0 saturated carbocycles. The standard InChI is InChI=1S/C27H28N2O2S2/c1-27(2,3)18-10-11-22-20(14-18)25(24-9-6-12-32-24)21(15-28)26(29-22)33-16-23(30)17-7-5-8-19(13-17)31-4/h5-9,12-13,18H,10-11,14,16H2,1-4H3. The molecule has 1 unspecified atom stereocenters. The smallest absolute Gasteiger partial charge is 0.173 e. The van der Waals surface area contributed by atoms with Gasteiger partial charge in [-0.3, -0.25) is 4.79 Å². The molecule has 1 aromatic carbocycles. The van der Waals surface area contributed by atoms with Crippen molar-refractivity contribution in [3.63, 3.8) is 0 Å². The summed E-state index contributed by atoms with van der Waals surface area (Å²) >= 11 is 3.01. The molecule has 0 saturated heterocycles. The van der Waals surface area contributed by atoms with Gasteiger partial charge >= 0.3 is 0 Å². The van der Waals surface area contributed by atoms with Gasteiger partial charge in [-0.1, -0.05) is 50.7 Å². The number of methoxy groups -OCH3 is 1. The third-order valence-corrected chi connectivity index (χ3v) is 8.23. The zero-order valence-corrected chi connectivity index (χ0v) is 21.1. The second kappa shape index (κ2) is 9.70. The van der Waals surface area contributed by atoms with Gasteiger partial charge in [0.25, 0.3) is 0 Å². The van der Waals surface area contributed by atoms with Crippen LogP contribution in [-0.2, 0) is 12.8 Å². The summed E-state index contributed by atoms with van der Waals surface area (Å²) in [6.45, 7) is 6.88. The number of ketones is 1. The van der Waals surface area contributed by atoms with Crippen LogP contribution in [0.3, 0.4) is 0 Å². The molecule has 170 valence electrons. The van der Waals surface area contributed by atoms with Crippen molar-refractivity contribution in [3.05, 3.63) is 64.2 Å². The van der Waals surface area contributed by atoms with E-state index < -0.39 is 0 Å². The number of fused-ring (bicyclic) bond motifs is 1. The van der Waals surface area contributed by atoms with E-state index in [9.17, 15) is 10.1 Å². The van der Waals surface area contributed by atoms with E-state index in [2.05, 4.69) is 32.9 Å². The van der Waals surface area contributed by atoms with Crippen molar-refractivity contribution in [3.8, 4) is 22.3 Å². The van der Waals surface area contributed by atoms with Crippen LogP contribution in [0.5, 0.6) is 5.75 Å². The minimum Gasteiger partial charge on any atom is -0.497 e. The first-order chi connectivity index (χ1) is 15.8. The van der Waals surface area contributed by atoms with Crippen molar-refractivity contribution in [1.82, 2.24) is 4.98 Å². The van der Waals surface area contributed by atoms with Gasteiger partial charge in [0.1, 0.15) is 16.8 Å². The van der Waals surface area contributed by atoms with Crippen LogP contribution in [0.2, 0.25) is 0 Å². The van der Waals surface area contributed by atoms with Crippen molar-refractivity contribution in [1.29, 1.82) is 5.26 Å². The molecule has 2 heterocycles. The molecule has 0 bridgehead atoms. The molecule has 4 nitrogen and oxygen atoms in total. The Bertz CT molecular complexity index is 1200. The Morgan fingerprint density at radius 3 is 2.79 bits per heavy atom. The topological polar surface area (TPSA) is 63.0 Å². The quantitative estimate of drug-likeness (QED) is 0.289. The fourth-order valence-electron chi connectivity index (χ4n) is 4.39. The predicted molar refractivity (Wildman–Crippen MR) is 135 cm³/mol. The van der Waals surface area contributed by atoms with Crippen molar-refractivity contribution in [2.45, 2.75) is 45.1 Å². The molecule has 1 aliphatic rings. The van der Waals surface area contributed by atoms with Gasteiger partial charge < -0.3 is 4.74 Å². The van der Waals surface area contributed by atoms with Crippen molar-refractivity contribution in [2.24, 2.45) is 11.3 Å². The number of thiophene rings is 1. The highest BCUT2D eigenvalue weighted by Gasteiger charge is 2.33. The number of nitrogens with zero attached hydrogens (tertiary/aromatic N) is 2. The number of Topliss-reactive ketones (excluding diaryl/α,β-unsaturated/α-hetero) is 1. The largest absolute Gasteiger partial charge is 0.497 e. The summed E-state index contributed by atoms with van der Waals surface area (Å²) in [6.07, 6.45) is 2.92. The molecule has 4 rings (SSSR count). The molecule has 1 aliphatic carbocycles. The van der Waals surface area contributed by atoms with E-state index in [-0.39, 0.29) is 17.0 Å². The molecule has 0 fully saturated rings. The monoisotopic (exact) mass is 476 g/mol. The van der Waals surface area contributed by atoms with Gasteiger partial charge in [-0.05, 0) is 59.7 Å². The van der Waals surface area contributed by atoms with Gasteiger partial charge in [0, 0.05) is 21.7 Å². The number of nitriles is 1. The maximum absolute atomic E-state index is 12.9. The number of pyridine rings is 1. The molecule has 33 heavy (non-hydrogen) atoms. The number of carbonyl (C=O) groups is 1. The van der Waals surface area contributed by atoms with Gasteiger partial charge in [-0.15, -0.1) is 11.3 Å². The molecule has 1 atom stereocenters. The normalized spacial score (nSPS) is 15.5. The number of rotatable bonds is 6. The zero-order chi connectivity index (χ0) is 23.6. The number of aromatic nitrogens is 1. The van der Waals surface area contributed by atoms with Crippen LogP contribution in [-0.4, -0.2) is 23.6 Å². The van der Waals surface area contributed by atoms with Gasteiger partial charge in [0.05, 0.1) is 18.4 Å². The second-order valence-electron chi connectivity index (χ2n) is 9.43. The zero-order valence-electron chi connectivity index (χ0n) is 19.5. The third kappa shape index (κ3) is 5.00. The highest BCUT2D eigenvalue weighted by atomic mass is 32.2. The molecule has 2 aromatic heterocycles. The number of hydrogen-bond acceptors (Lipinski definition) is 6. The van der Waals surface area contributed by atoms with E-state index in [1.807, 2.05) is 23.6 Å². The van der Waals surface area contributed by atoms with Crippen LogP contribution in [0.1, 0.15) is 54.4 Å². The fourth-order valence-corrected chi connectivity index (χ4v) is 6.09. The molecule has 3 aromatic rings. The summed E-state index contributed by atoms with van der Waals surface area (Å²) in [6, 6.07) is 13.7. The molecule has 0 N–H and O–H groups in total. The Kier molecular flexibility index (Phi) is 6.92. The van der Waals surface area contributed by atoms with Crippen LogP contribution in [0.4, 0.5) is 0 Å². The molecule has 0 amide bonds. The first kappa shape index (κ1) is 23.5. The predicted octanol–water partition coefficient (Wildman–Crippen LogP) is 6.82. The number of aryl methyl sites for hydroxylation is 1. The van der Waals surface area contributed by atoms with Crippen LogP contribution >= 0.6 is 23.1 Å². The van der Waals surface area contributed by atoms with Crippen LogP contribution in [0.25, 0.3) is 10.4 Å². The summed E-state index contributed by atoms with van der Waals surface area (Å²) in [5, 5.41) is 12.9. The minimum absolute atomic E-state index is 0.00668. The average Bonchev–Trinajstić information content (AvgIpc) is 3.35. The molecular weight excluding hydrogens is 448 g/mol. The summed E-state index contributed by atoms with van der Waals surface area (Å²) in [5.74, 6) is 1.42. The Morgan fingerprint density at radius 1 is 1.30 bits per heavy atom. The Morgan fingerprint density at radius 2 is 2.12 bits per heavy atom. The number of ether oxygens (including phenoxy) is 1. The Balaban J connectivity index is 1.70. The first-order valence-corrected chi connectivity index (χ1v) is 13.0. The second-order valence-corrected chi connectivity index (χ2v) is 11.3. The molecular formula is C27H28N2O2S2. The molecule has 0 radical (unpaired) electrons. The average molecular weight is 477 g/mol. The van der Waals surface area contributed by atoms with Crippen LogP contribution in [0, 0.1) is 22.7 Å². The Labute approximate surface area is 204 Å². The summed E-state index contributed by atoms with van der Waals surface area (Å²) in [4.78, 5) is 18.9. The van der Waals surface area contributed by atoms with Crippen molar-refractivity contribution in [2.75, 3.05) is 12.9 Å². The van der Waals surface area contributed by atoms with Gasteiger partial charge in [-0.2, -0.15) is 5.26 Å². The molecule has 6 heteroatoms. The third-order valence-electron chi connectivity index (χ3n) is 6.37. The number of thioether (sulfide) groups is 1. The lowest BCUT2D eigenvalue weighted by atomic mass is 9.70. The van der Waals surface area contributed by atoms with Gasteiger partial charge in [0.15, 0.2) is 5.78 Å². The Hall–Kier alpha value is -2.62. The van der Waals surface area contributed by atoms with E-state index in [0.29, 0.717) is 27.8 Å². The maximum Gasteiger partial charge on any atom is 0.173 e. The summed E-state index contributed by atoms with van der Waals surface area (Å²) < 4.78 is 5.24. The van der Waals surface area contributed by atoms with Crippen molar-refractivity contribution >= 4 is 28.9 Å². The lowest BCUT2D eigenvalue weighted by molar-refractivity contribution is 0.102. The number of carbonyl (C=O) groups excluding carboxylic acids is 1. The molecule has 0 aliphatic heterocycles. The van der Waals surface area contributed by atoms with E-state index in [0.717, 1.165) is 35.4 Å². The van der Waals surface area contributed by atoms with Gasteiger partial charge in [0.2, 0.25) is 0 Å². The SMILES string of the molecule is COc1cccc(C(=O)CSc2nc3c(c(-c4cccs4)c2C#N)CC(C(C)(C)C)CC3)c1. The lowest BCUT2D eigenvalue weighted by Crippen LogP contribution is -2.28. The van der Waals surface area contributed by atoms with E-state index in [1.165, 1.54) is 17.3 Å². The number of benzene rings is 1. The maximum atomic E-state index is 12.9. The van der Waals surface area contributed by atoms with E-state index >= 15 is 0 Å². The van der Waals surface area contributed by atoms with Gasteiger partial charge in [-0.25, -0.2) is 4.98 Å². The van der Waals surface area contributed by atoms with E-state index in [1.54, 1.807) is 30.6 Å². The minimum atomic E-state index is -0.00668. The molecule has 0 spiro atoms. The van der Waals surface area contributed by atoms with Crippen LogP contribution in [0.15, 0.2) is 46.8 Å². The summed E-state index contributed by atoms with van der Waals surface area (Å²) in [7, 11) is 1.59. The first-order valence-electron chi connectivity index (χ1n) is 11.1. The fraction of sp³-hybridized carbons (Fsp3) is 0.370. The highest BCUT2D eigenvalue weighted by molar-refractivity contribution is 8.00.